The third-order valence-corrected chi connectivity index (χ3v) is 9.05. The summed E-state index contributed by atoms with van der Waals surface area (Å²) in [5.74, 6) is -0.0903. The first kappa shape index (κ1) is 37.2. The number of hydrogen-bond acceptors (Lipinski definition) is 4. The van der Waals surface area contributed by atoms with E-state index in [1.165, 1.54) is 23.5 Å². The monoisotopic (exact) mass is 672 g/mol. The Bertz CT molecular complexity index is 1520. The minimum atomic E-state index is -0.396. The molecule has 2 aliphatic rings. The number of H-pyrrole nitrogens is 2. The smallest absolute Gasteiger partial charge is 0.238 e. The predicted octanol–water partition coefficient (Wildman–Crippen LogP) is 5.41. The molecule has 0 spiro atoms. The molecule has 4 aromatic rings. The lowest BCUT2D eigenvalue weighted by Gasteiger charge is -2.29. The van der Waals surface area contributed by atoms with Crippen LogP contribution in [0.5, 0.6) is 0 Å². The van der Waals surface area contributed by atoms with E-state index < -0.39 is 11.6 Å². The molecule has 4 heterocycles. The Labute approximate surface area is 287 Å². The summed E-state index contributed by atoms with van der Waals surface area (Å²) >= 11 is 0. The molecule has 0 bridgehead atoms. The van der Waals surface area contributed by atoms with Gasteiger partial charge in [-0.2, -0.15) is 0 Å². The molecule has 4 N–H and O–H groups in total. The van der Waals surface area contributed by atoms with Crippen LogP contribution >= 0.6 is 0 Å². The number of nitrogens with zero attached hydrogens (tertiary/aromatic N) is 2. The van der Waals surface area contributed by atoms with E-state index in [4.69, 9.17) is 0 Å². The van der Waals surface area contributed by atoms with Crippen molar-refractivity contribution < 1.29 is 33.8 Å². The van der Waals surface area contributed by atoms with E-state index in [-0.39, 0.29) is 28.7 Å². The second-order valence-corrected chi connectivity index (χ2v) is 12.8. The summed E-state index contributed by atoms with van der Waals surface area (Å²) in [5.41, 5.74) is 4.87. The minimum Gasteiger partial charge on any atom is -2.00 e. The van der Waals surface area contributed by atoms with E-state index in [1.54, 1.807) is 24.3 Å². The zero-order valence-corrected chi connectivity index (χ0v) is 28.2. The van der Waals surface area contributed by atoms with Gasteiger partial charge in [-0.3, -0.25) is 19.4 Å². The van der Waals surface area contributed by atoms with E-state index in [2.05, 4.69) is 42.5 Å². The minimum absolute atomic E-state index is 0. The molecule has 2 fully saturated rings. The van der Waals surface area contributed by atoms with Crippen molar-refractivity contribution in [3.8, 4) is 0 Å². The number of anilines is 2. The van der Waals surface area contributed by atoms with Crippen molar-refractivity contribution in [2.45, 2.75) is 51.4 Å². The summed E-state index contributed by atoms with van der Waals surface area (Å²) in [4.78, 5) is 35.2. The van der Waals surface area contributed by atoms with Crippen molar-refractivity contribution in [3.63, 3.8) is 0 Å². The molecule has 2 aromatic heterocycles. The molecule has 2 aliphatic heterocycles. The topological polar surface area (TPSA) is 121 Å². The number of amides is 2. The number of rotatable bonds is 8. The van der Waals surface area contributed by atoms with Gasteiger partial charge in [0.25, 0.3) is 0 Å². The number of hydrogen-bond donors (Lipinski definition) is 2. The van der Waals surface area contributed by atoms with Gasteiger partial charge in [0.15, 0.2) is 23.8 Å². The van der Waals surface area contributed by atoms with Gasteiger partial charge in [-0.15, -0.1) is 0 Å². The van der Waals surface area contributed by atoms with Crippen LogP contribution in [-0.2, 0) is 15.1 Å². The normalized spacial score (nSPS) is 15.8. The first-order valence-corrected chi connectivity index (χ1v) is 16.7. The number of halogens is 2. The highest BCUT2D eigenvalue weighted by molar-refractivity contribution is 5.93. The zero-order valence-electron chi connectivity index (χ0n) is 28.2. The number of likely N-dealkylation sites (tertiary alicyclic amines) is 2. The third-order valence-electron chi connectivity index (χ3n) is 9.05. The maximum absolute atomic E-state index is 13.7. The highest BCUT2D eigenvalue weighted by Gasteiger charge is 2.26. The summed E-state index contributed by atoms with van der Waals surface area (Å²) in [7, 11) is 0. The van der Waals surface area contributed by atoms with E-state index in [9.17, 15) is 18.4 Å². The largest absolute Gasteiger partial charge is 2.00 e. The van der Waals surface area contributed by atoms with E-state index >= 15 is 0 Å². The van der Waals surface area contributed by atoms with Gasteiger partial charge < -0.3 is 16.1 Å². The fourth-order valence-corrected chi connectivity index (χ4v) is 6.38. The quantitative estimate of drug-likeness (QED) is 0.260. The van der Waals surface area contributed by atoms with Gasteiger partial charge in [0.1, 0.15) is 11.6 Å². The number of piperidine rings is 2. The van der Waals surface area contributed by atoms with Crippen molar-refractivity contribution in [1.82, 2.24) is 9.80 Å². The van der Waals surface area contributed by atoms with Crippen molar-refractivity contribution in [2.24, 2.45) is 0 Å². The first-order chi connectivity index (χ1) is 23.2. The molecule has 0 aliphatic carbocycles. The van der Waals surface area contributed by atoms with Crippen LogP contribution < -0.4 is 20.6 Å². The number of pyridine rings is 2. The van der Waals surface area contributed by atoms with E-state index in [0.717, 1.165) is 63.0 Å². The standard InChI is InChI=1S/2C19H22FN3O.O/c2*1-14-5-6-16(20)18(12-14)22-19(24)13-23-10-7-15(8-11-23)17-4-2-3-9-21-17;/h2*2-6,9,12,15H,7-8,10-11,13H2,1H3,(H,22,24);/q;;-2/p+2. The Morgan fingerprint density at radius 3 is 1.39 bits per heavy atom. The summed E-state index contributed by atoms with van der Waals surface area (Å²) in [6, 6.07) is 21.7. The Morgan fingerprint density at radius 2 is 1.04 bits per heavy atom. The van der Waals surface area contributed by atoms with Crippen LogP contribution in [0.4, 0.5) is 20.2 Å². The van der Waals surface area contributed by atoms with Crippen LogP contribution in [0, 0.1) is 25.5 Å². The highest BCUT2D eigenvalue weighted by atomic mass is 19.1. The first-order valence-electron chi connectivity index (χ1n) is 16.7. The molecule has 0 unspecified atom stereocenters. The Kier molecular flexibility index (Phi) is 13.9. The number of nitrogens with one attached hydrogen (secondary N) is 4. The molecule has 2 amide bonds. The highest BCUT2D eigenvalue weighted by Crippen LogP contribution is 2.26. The number of aromatic amines is 2. The lowest BCUT2D eigenvalue weighted by Crippen LogP contribution is -2.39. The van der Waals surface area contributed by atoms with Gasteiger partial charge in [-0.1, -0.05) is 24.3 Å². The fourth-order valence-electron chi connectivity index (χ4n) is 6.38. The average molecular weight is 673 g/mol. The van der Waals surface area contributed by atoms with Gasteiger partial charge in [0.2, 0.25) is 11.8 Å². The van der Waals surface area contributed by atoms with Gasteiger partial charge in [0, 0.05) is 36.1 Å². The van der Waals surface area contributed by atoms with Crippen molar-refractivity contribution in [1.29, 1.82) is 0 Å². The summed E-state index contributed by atoms with van der Waals surface area (Å²) in [6.07, 6.45) is 7.98. The van der Waals surface area contributed by atoms with Crippen molar-refractivity contribution >= 4 is 23.2 Å². The molecule has 0 radical (unpaired) electrons. The molecular formula is C38H46F2N6O3. The Hall–Kier alpha value is -4.58. The van der Waals surface area contributed by atoms with Crippen LogP contribution in [0.1, 0.15) is 60.0 Å². The van der Waals surface area contributed by atoms with Crippen molar-refractivity contribution in [2.75, 3.05) is 49.9 Å². The van der Waals surface area contributed by atoms with E-state index in [0.29, 0.717) is 24.9 Å². The molecule has 6 rings (SSSR count). The molecule has 9 nitrogen and oxygen atoms in total. The molecule has 2 aromatic carbocycles. The average Bonchev–Trinajstić information content (AvgIpc) is 3.10. The van der Waals surface area contributed by atoms with Gasteiger partial charge >= 0.3 is 0 Å². The Balaban J connectivity index is 0.000000216. The number of carbonyl (C=O) groups excluding carboxylic acids is 2. The van der Waals surface area contributed by atoms with Crippen LogP contribution in [0.15, 0.2) is 85.2 Å². The zero-order chi connectivity index (χ0) is 33.9. The van der Waals surface area contributed by atoms with Gasteiger partial charge in [-0.25, -0.2) is 18.7 Å². The number of benzene rings is 2. The molecule has 2 saturated heterocycles. The molecule has 49 heavy (non-hydrogen) atoms. The van der Waals surface area contributed by atoms with Gasteiger partial charge in [0.05, 0.1) is 24.5 Å². The summed E-state index contributed by atoms with van der Waals surface area (Å²) in [5, 5.41) is 5.36. The SMILES string of the molecule is Cc1ccc(F)c(NC(=O)CN2CCC(c3cccc[nH+]3)CC2)c1.Cc1ccc(F)c(NC(=O)CN2CCC(c3cccc[nH+]3)CC2)c1.[O-2]. The van der Waals surface area contributed by atoms with Crippen LogP contribution in [-0.4, -0.2) is 60.9 Å². The maximum Gasteiger partial charge on any atom is 0.238 e. The molecular weight excluding hydrogens is 626 g/mol. The van der Waals surface area contributed by atoms with Crippen molar-refractivity contribution in [3.05, 3.63) is 119 Å². The van der Waals surface area contributed by atoms with Gasteiger partial charge in [-0.05, 0) is 101 Å². The number of aryl methyl sites for hydroxylation is 2. The second-order valence-electron chi connectivity index (χ2n) is 12.8. The molecule has 260 valence electrons. The Morgan fingerprint density at radius 1 is 0.653 bits per heavy atom. The van der Waals surface area contributed by atoms with Crippen LogP contribution in [0.3, 0.4) is 0 Å². The third kappa shape index (κ3) is 11.2. The lowest BCUT2D eigenvalue weighted by molar-refractivity contribution is -0.394. The fraction of sp³-hybridized carbons (Fsp3) is 0.368. The van der Waals surface area contributed by atoms with Crippen LogP contribution in [0.25, 0.3) is 0 Å². The molecule has 0 atom stereocenters. The molecule has 0 saturated carbocycles. The number of carbonyl (C=O) groups is 2. The second kappa shape index (κ2) is 18.3. The van der Waals surface area contributed by atoms with E-state index in [1.807, 2.05) is 50.5 Å². The number of aromatic nitrogens is 2. The summed E-state index contributed by atoms with van der Waals surface area (Å²) in [6.45, 7) is 7.85. The predicted molar refractivity (Wildman–Crippen MR) is 183 cm³/mol. The molecule has 11 heteroatoms. The maximum atomic E-state index is 13.7. The summed E-state index contributed by atoms with van der Waals surface area (Å²) < 4.78 is 27.4. The lowest BCUT2D eigenvalue weighted by atomic mass is 9.93. The van der Waals surface area contributed by atoms with Crippen LogP contribution in [0.2, 0.25) is 0 Å².